The SMILES string of the molecule is CCCCCCC(CCCC)CCOC(=O)CCCCCCCC(CCCCCCCC(=O)OCCC(CCCC)CCCCCC)OC(=O)CN(C)C. The van der Waals surface area contributed by atoms with Crippen LogP contribution in [0.15, 0.2) is 0 Å². The fourth-order valence-electron chi connectivity index (χ4n) is 7.48. The Kier molecular flexibility index (Phi) is 38.4. The second-order valence-corrected chi connectivity index (χ2v) is 16.7. The molecule has 0 amide bonds. The van der Waals surface area contributed by atoms with E-state index in [-0.39, 0.29) is 24.0 Å². The normalized spacial score (nSPS) is 13.2. The molecular weight excluding hydrogens is 675 g/mol. The quantitative estimate of drug-likeness (QED) is 0.0348. The smallest absolute Gasteiger partial charge is 0.320 e. The molecule has 0 radical (unpaired) electrons. The van der Waals surface area contributed by atoms with Crippen LogP contribution in [0.25, 0.3) is 0 Å². The van der Waals surface area contributed by atoms with Crippen molar-refractivity contribution in [2.75, 3.05) is 33.9 Å². The van der Waals surface area contributed by atoms with Crippen molar-refractivity contribution in [2.45, 2.75) is 239 Å². The first-order chi connectivity index (χ1) is 26.2. The van der Waals surface area contributed by atoms with Crippen molar-refractivity contribution >= 4 is 17.9 Å². The molecule has 0 aliphatic heterocycles. The van der Waals surface area contributed by atoms with E-state index in [1.807, 2.05) is 19.0 Å². The number of carbonyl (C=O) groups excluding carboxylic acids is 3. The topological polar surface area (TPSA) is 82.1 Å². The fraction of sp³-hybridized carbons (Fsp3) is 0.936. The Morgan fingerprint density at radius 3 is 1.17 bits per heavy atom. The summed E-state index contributed by atoms with van der Waals surface area (Å²) < 4.78 is 17.1. The Balaban J connectivity index is 4.22. The summed E-state index contributed by atoms with van der Waals surface area (Å²) in [5.41, 5.74) is 0. The van der Waals surface area contributed by atoms with Crippen LogP contribution in [0.3, 0.4) is 0 Å². The van der Waals surface area contributed by atoms with Crippen molar-refractivity contribution in [3.8, 4) is 0 Å². The molecule has 0 aliphatic carbocycles. The number of ether oxygens (including phenoxy) is 3. The van der Waals surface area contributed by atoms with Crippen molar-refractivity contribution in [1.29, 1.82) is 0 Å². The van der Waals surface area contributed by atoms with Gasteiger partial charge in [-0.1, -0.05) is 169 Å². The molecule has 0 N–H and O–H groups in total. The van der Waals surface area contributed by atoms with Gasteiger partial charge >= 0.3 is 17.9 Å². The van der Waals surface area contributed by atoms with Crippen LogP contribution >= 0.6 is 0 Å². The van der Waals surface area contributed by atoms with E-state index in [4.69, 9.17) is 14.2 Å². The lowest BCUT2D eigenvalue weighted by Crippen LogP contribution is -2.27. The molecule has 0 bridgehead atoms. The zero-order chi connectivity index (χ0) is 39.9. The molecule has 0 aliphatic rings. The van der Waals surface area contributed by atoms with Gasteiger partial charge in [0, 0.05) is 12.8 Å². The molecule has 0 aromatic carbocycles. The molecule has 2 unspecified atom stereocenters. The van der Waals surface area contributed by atoms with Gasteiger partial charge < -0.3 is 14.2 Å². The number of hydrogen-bond acceptors (Lipinski definition) is 7. The lowest BCUT2D eigenvalue weighted by molar-refractivity contribution is -0.150. The Morgan fingerprint density at radius 1 is 0.407 bits per heavy atom. The largest absolute Gasteiger partial charge is 0.466 e. The van der Waals surface area contributed by atoms with Crippen LogP contribution in [0, 0.1) is 11.8 Å². The zero-order valence-corrected chi connectivity index (χ0v) is 36.9. The first-order valence-electron chi connectivity index (χ1n) is 23.4. The Hall–Kier alpha value is -1.63. The molecule has 0 saturated carbocycles. The summed E-state index contributed by atoms with van der Waals surface area (Å²) in [5, 5.41) is 0. The highest BCUT2D eigenvalue weighted by molar-refractivity contribution is 5.71. The Labute approximate surface area is 335 Å². The van der Waals surface area contributed by atoms with Crippen molar-refractivity contribution < 1.29 is 28.6 Å². The molecule has 0 fully saturated rings. The average molecular weight is 766 g/mol. The summed E-state index contributed by atoms with van der Waals surface area (Å²) in [6.45, 7) is 10.5. The summed E-state index contributed by atoms with van der Waals surface area (Å²) in [5.74, 6) is 1.14. The van der Waals surface area contributed by atoms with Gasteiger partial charge in [0.05, 0.1) is 19.8 Å². The van der Waals surface area contributed by atoms with Crippen LogP contribution in [0.5, 0.6) is 0 Å². The fourth-order valence-corrected chi connectivity index (χ4v) is 7.48. The van der Waals surface area contributed by atoms with Crippen LogP contribution in [0.4, 0.5) is 0 Å². The summed E-state index contributed by atoms with van der Waals surface area (Å²) in [4.78, 5) is 39.0. The van der Waals surface area contributed by atoms with Gasteiger partial charge in [-0.05, 0) is 77.3 Å². The molecule has 0 aromatic rings. The van der Waals surface area contributed by atoms with Crippen molar-refractivity contribution in [3.05, 3.63) is 0 Å². The van der Waals surface area contributed by atoms with Gasteiger partial charge in [0.25, 0.3) is 0 Å². The minimum atomic E-state index is -0.150. The summed E-state index contributed by atoms with van der Waals surface area (Å²) >= 11 is 0. The number of nitrogens with zero attached hydrogens (tertiary/aromatic N) is 1. The first kappa shape index (κ1) is 52.4. The van der Waals surface area contributed by atoms with Gasteiger partial charge in [-0.2, -0.15) is 0 Å². The van der Waals surface area contributed by atoms with Gasteiger partial charge in [0.2, 0.25) is 0 Å². The minimum Gasteiger partial charge on any atom is -0.466 e. The third kappa shape index (κ3) is 36.0. The lowest BCUT2D eigenvalue weighted by atomic mass is 9.92. The number of esters is 3. The van der Waals surface area contributed by atoms with E-state index < -0.39 is 0 Å². The van der Waals surface area contributed by atoms with Crippen molar-refractivity contribution in [3.63, 3.8) is 0 Å². The predicted molar refractivity (Wildman–Crippen MR) is 228 cm³/mol. The monoisotopic (exact) mass is 766 g/mol. The van der Waals surface area contributed by atoms with Gasteiger partial charge in [0.15, 0.2) is 0 Å². The highest BCUT2D eigenvalue weighted by Crippen LogP contribution is 2.23. The Bertz CT molecular complexity index is 792. The molecule has 0 heterocycles. The van der Waals surface area contributed by atoms with Gasteiger partial charge in [0.1, 0.15) is 6.10 Å². The standard InChI is InChI=1S/C47H91NO6/c1-7-11-15-23-31-42(29-13-9-3)37-39-52-45(49)35-27-21-17-19-25-33-44(54-47(51)41-48(5)6)34-26-20-18-22-28-36-46(50)53-40-38-43(30-14-10-4)32-24-16-12-8-2/h42-44H,7-41H2,1-6H3. The molecule has 0 aromatic heterocycles. The summed E-state index contributed by atoms with van der Waals surface area (Å²) in [6.07, 6.45) is 35.5. The van der Waals surface area contributed by atoms with E-state index >= 15 is 0 Å². The average Bonchev–Trinajstić information content (AvgIpc) is 3.14. The van der Waals surface area contributed by atoms with Gasteiger partial charge in [-0.3, -0.25) is 19.3 Å². The molecule has 0 saturated heterocycles. The second kappa shape index (κ2) is 39.6. The molecule has 0 rings (SSSR count). The van der Waals surface area contributed by atoms with E-state index in [9.17, 15) is 14.4 Å². The number of rotatable bonds is 41. The molecule has 320 valence electrons. The van der Waals surface area contributed by atoms with E-state index in [2.05, 4.69) is 27.7 Å². The van der Waals surface area contributed by atoms with Crippen LogP contribution < -0.4 is 0 Å². The second-order valence-electron chi connectivity index (χ2n) is 16.7. The molecule has 0 spiro atoms. The maximum Gasteiger partial charge on any atom is 0.320 e. The lowest BCUT2D eigenvalue weighted by Gasteiger charge is -2.19. The number of hydrogen-bond donors (Lipinski definition) is 0. The van der Waals surface area contributed by atoms with Crippen LogP contribution in [0.2, 0.25) is 0 Å². The molecule has 54 heavy (non-hydrogen) atoms. The maximum atomic E-state index is 12.4. The minimum absolute atomic E-state index is 0.0389. The van der Waals surface area contributed by atoms with Crippen molar-refractivity contribution in [1.82, 2.24) is 4.90 Å². The highest BCUT2D eigenvalue weighted by Gasteiger charge is 2.16. The Morgan fingerprint density at radius 2 is 0.759 bits per heavy atom. The number of unbranched alkanes of at least 4 members (excludes halogenated alkanes) is 16. The van der Waals surface area contributed by atoms with Crippen LogP contribution in [-0.4, -0.2) is 62.8 Å². The van der Waals surface area contributed by atoms with E-state index in [0.717, 1.165) is 89.9 Å². The van der Waals surface area contributed by atoms with Gasteiger partial charge in [-0.25, -0.2) is 0 Å². The van der Waals surface area contributed by atoms with E-state index in [1.165, 1.54) is 103 Å². The number of carbonyl (C=O) groups is 3. The predicted octanol–water partition coefficient (Wildman–Crippen LogP) is 13.3. The zero-order valence-electron chi connectivity index (χ0n) is 36.9. The van der Waals surface area contributed by atoms with E-state index in [1.54, 1.807) is 0 Å². The van der Waals surface area contributed by atoms with Crippen LogP contribution in [0.1, 0.15) is 233 Å². The molecule has 2 atom stereocenters. The van der Waals surface area contributed by atoms with Crippen LogP contribution in [-0.2, 0) is 28.6 Å². The van der Waals surface area contributed by atoms with Crippen molar-refractivity contribution in [2.24, 2.45) is 11.8 Å². The molecule has 7 heteroatoms. The molecule has 7 nitrogen and oxygen atoms in total. The summed E-state index contributed by atoms with van der Waals surface area (Å²) in [7, 11) is 3.78. The highest BCUT2D eigenvalue weighted by atomic mass is 16.5. The third-order valence-electron chi connectivity index (χ3n) is 11.0. The number of likely N-dealkylation sites (N-methyl/N-ethyl adjacent to an activating group) is 1. The summed E-state index contributed by atoms with van der Waals surface area (Å²) in [6, 6.07) is 0. The van der Waals surface area contributed by atoms with Gasteiger partial charge in [-0.15, -0.1) is 0 Å². The first-order valence-corrected chi connectivity index (χ1v) is 23.4. The maximum absolute atomic E-state index is 12.4. The van der Waals surface area contributed by atoms with E-state index in [0.29, 0.717) is 44.4 Å². The third-order valence-corrected chi connectivity index (χ3v) is 11.0. The molecular formula is C47H91NO6.